The SMILES string of the molecule is COc1ccc([C@@H]2C3=C(CC(C)(C)CC3=O)Oc3ncn4nc(-c5ccc(OC)c(OC)c5)nc4c32)cc1. The second-order valence-corrected chi connectivity index (χ2v) is 10.3. The zero-order valence-corrected chi connectivity index (χ0v) is 21.9. The zero-order chi connectivity index (χ0) is 26.6. The van der Waals surface area contributed by atoms with Crippen molar-refractivity contribution in [3.8, 4) is 34.5 Å². The highest BCUT2D eigenvalue weighted by Gasteiger charge is 2.44. The molecule has 2 aliphatic rings. The first kappa shape index (κ1) is 24.0. The molecule has 0 amide bonds. The molecule has 2 aromatic heterocycles. The number of ketones is 1. The highest BCUT2D eigenvalue weighted by Crippen LogP contribution is 2.50. The number of carbonyl (C=O) groups is 1. The zero-order valence-electron chi connectivity index (χ0n) is 21.9. The van der Waals surface area contributed by atoms with Crippen molar-refractivity contribution in [3.05, 3.63) is 71.3 Å². The van der Waals surface area contributed by atoms with Crippen LogP contribution in [0.1, 0.15) is 43.7 Å². The van der Waals surface area contributed by atoms with Gasteiger partial charge in [0.2, 0.25) is 5.88 Å². The van der Waals surface area contributed by atoms with E-state index in [1.165, 1.54) is 0 Å². The topological polar surface area (TPSA) is 97.1 Å². The third-order valence-corrected chi connectivity index (χ3v) is 7.15. The molecule has 4 aromatic rings. The summed E-state index contributed by atoms with van der Waals surface area (Å²) in [5, 5.41) is 4.69. The van der Waals surface area contributed by atoms with Crippen LogP contribution in [0.2, 0.25) is 0 Å². The minimum atomic E-state index is -0.401. The van der Waals surface area contributed by atoms with E-state index in [0.717, 1.165) is 16.9 Å². The number of ether oxygens (including phenoxy) is 4. The quantitative estimate of drug-likeness (QED) is 0.369. The molecule has 38 heavy (non-hydrogen) atoms. The number of hydrogen-bond donors (Lipinski definition) is 0. The first-order valence-electron chi connectivity index (χ1n) is 12.4. The maximum atomic E-state index is 13.6. The molecule has 6 rings (SSSR count). The van der Waals surface area contributed by atoms with E-state index in [0.29, 0.717) is 58.6 Å². The maximum Gasteiger partial charge on any atom is 0.228 e. The van der Waals surface area contributed by atoms with E-state index in [1.807, 2.05) is 42.5 Å². The third kappa shape index (κ3) is 3.86. The highest BCUT2D eigenvalue weighted by molar-refractivity contribution is 6.00. The number of allylic oxidation sites excluding steroid dienone is 2. The molecule has 2 aromatic carbocycles. The third-order valence-electron chi connectivity index (χ3n) is 7.15. The summed E-state index contributed by atoms with van der Waals surface area (Å²) < 4.78 is 24.2. The van der Waals surface area contributed by atoms with E-state index in [9.17, 15) is 4.79 Å². The van der Waals surface area contributed by atoms with E-state index < -0.39 is 5.92 Å². The Labute approximate surface area is 220 Å². The van der Waals surface area contributed by atoms with E-state index in [2.05, 4.69) is 18.8 Å². The molecule has 0 bridgehead atoms. The number of carbonyl (C=O) groups excluding carboxylic acids is 1. The minimum absolute atomic E-state index is 0.0735. The average Bonchev–Trinajstić information content (AvgIpc) is 3.35. The molecule has 0 N–H and O–H groups in total. The van der Waals surface area contributed by atoms with E-state index in [1.54, 1.807) is 32.2 Å². The molecule has 194 valence electrons. The Morgan fingerprint density at radius 2 is 1.74 bits per heavy atom. The average molecular weight is 513 g/mol. The summed E-state index contributed by atoms with van der Waals surface area (Å²) in [6.45, 7) is 4.17. The van der Waals surface area contributed by atoms with Crippen LogP contribution in [0.3, 0.4) is 0 Å². The molecule has 1 aliphatic heterocycles. The van der Waals surface area contributed by atoms with Gasteiger partial charge >= 0.3 is 0 Å². The van der Waals surface area contributed by atoms with Crippen LogP contribution in [-0.4, -0.2) is 46.7 Å². The molecule has 1 atom stereocenters. The van der Waals surface area contributed by atoms with Crippen LogP contribution in [0.4, 0.5) is 0 Å². The molecule has 0 saturated carbocycles. The second-order valence-electron chi connectivity index (χ2n) is 10.3. The molecule has 0 spiro atoms. The lowest BCUT2D eigenvalue weighted by Gasteiger charge is -2.37. The van der Waals surface area contributed by atoms with Crippen LogP contribution < -0.4 is 18.9 Å². The number of rotatable bonds is 5. The summed E-state index contributed by atoms with van der Waals surface area (Å²) in [5.41, 5.74) is 3.44. The number of nitrogens with zero attached hydrogens (tertiary/aromatic N) is 4. The minimum Gasteiger partial charge on any atom is -0.497 e. The number of benzene rings is 2. The van der Waals surface area contributed by atoms with Gasteiger partial charge < -0.3 is 18.9 Å². The number of fused-ring (bicyclic) bond motifs is 3. The molecular weight excluding hydrogens is 484 g/mol. The lowest BCUT2D eigenvalue weighted by Crippen LogP contribution is -2.33. The fraction of sp³-hybridized carbons (Fsp3) is 0.310. The second kappa shape index (κ2) is 8.86. The highest BCUT2D eigenvalue weighted by atomic mass is 16.5. The number of methoxy groups -OCH3 is 3. The number of Topliss-reactive ketones (excluding diaryl/α,β-unsaturated/α-hetero) is 1. The standard InChI is InChI=1S/C29H28N4O5/c1-29(2)13-19(34)24-22(14-29)38-28-25(23(24)16-6-9-18(35-3)10-7-16)27-31-26(32-33(27)15-30-28)17-8-11-20(36-4)21(12-17)37-5/h6-12,15,23H,13-14H2,1-5H3/t23-/m1/s1. The summed E-state index contributed by atoms with van der Waals surface area (Å²) in [6.07, 6.45) is 2.69. The fourth-order valence-electron chi connectivity index (χ4n) is 5.37. The van der Waals surface area contributed by atoms with Crippen molar-refractivity contribution < 1.29 is 23.7 Å². The van der Waals surface area contributed by atoms with Crippen molar-refractivity contribution in [3.63, 3.8) is 0 Å². The Hall–Kier alpha value is -4.40. The van der Waals surface area contributed by atoms with Gasteiger partial charge in [-0.05, 0) is 41.3 Å². The van der Waals surface area contributed by atoms with Crippen molar-refractivity contribution in [1.29, 1.82) is 0 Å². The van der Waals surface area contributed by atoms with Crippen LogP contribution >= 0.6 is 0 Å². The van der Waals surface area contributed by atoms with Gasteiger partial charge in [0.15, 0.2) is 28.8 Å². The predicted octanol–water partition coefficient (Wildman–Crippen LogP) is 4.98. The fourth-order valence-corrected chi connectivity index (χ4v) is 5.37. The summed E-state index contributed by atoms with van der Waals surface area (Å²) in [4.78, 5) is 23.1. The number of hydrogen-bond acceptors (Lipinski definition) is 8. The van der Waals surface area contributed by atoms with Crippen LogP contribution in [0.15, 0.2) is 60.1 Å². The predicted molar refractivity (Wildman–Crippen MR) is 140 cm³/mol. The smallest absolute Gasteiger partial charge is 0.228 e. The summed E-state index contributed by atoms with van der Waals surface area (Å²) in [7, 11) is 4.81. The molecular formula is C29H28N4O5. The monoisotopic (exact) mass is 512 g/mol. The molecule has 0 saturated heterocycles. The van der Waals surface area contributed by atoms with Gasteiger partial charge in [-0.15, -0.1) is 5.10 Å². The van der Waals surface area contributed by atoms with E-state index in [4.69, 9.17) is 29.0 Å². The van der Waals surface area contributed by atoms with E-state index >= 15 is 0 Å². The van der Waals surface area contributed by atoms with Crippen molar-refractivity contribution >= 4 is 11.4 Å². The summed E-state index contributed by atoms with van der Waals surface area (Å²) in [6, 6.07) is 13.3. The van der Waals surface area contributed by atoms with Gasteiger partial charge in [-0.1, -0.05) is 26.0 Å². The van der Waals surface area contributed by atoms with Gasteiger partial charge in [0.05, 0.1) is 26.9 Å². The Morgan fingerprint density at radius 3 is 2.45 bits per heavy atom. The van der Waals surface area contributed by atoms with Gasteiger partial charge in [0, 0.05) is 29.9 Å². The van der Waals surface area contributed by atoms with E-state index in [-0.39, 0.29) is 11.2 Å². The van der Waals surface area contributed by atoms with Gasteiger partial charge in [-0.2, -0.15) is 0 Å². The largest absolute Gasteiger partial charge is 0.497 e. The Kier molecular flexibility index (Phi) is 5.59. The van der Waals surface area contributed by atoms with Gasteiger partial charge in [0.25, 0.3) is 0 Å². The summed E-state index contributed by atoms with van der Waals surface area (Å²) >= 11 is 0. The molecule has 1 aliphatic carbocycles. The maximum absolute atomic E-state index is 13.6. The van der Waals surface area contributed by atoms with Crippen molar-refractivity contribution in [2.75, 3.05) is 21.3 Å². The van der Waals surface area contributed by atoms with Gasteiger partial charge in [-0.3, -0.25) is 4.79 Å². The van der Waals surface area contributed by atoms with Gasteiger partial charge in [0.1, 0.15) is 17.8 Å². The Balaban J connectivity index is 1.55. The first-order chi connectivity index (χ1) is 18.3. The Morgan fingerprint density at radius 1 is 0.974 bits per heavy atom. The first-order valence-corrected chi connectivity index (χ1v) is 12.4. The van der Waals surface area contributed by atoms with Crippen LogP contribution in [0.25, 0.3) is 17.0 Å². The molecule has 9 nitrogen and oxygen atoms in total. The van der Waals surface area contributed by atoms with Gasteiger partial charge in [-0.25, -0.2) is 14.5 Å². The van der Waals surface area contributed by atoms with Crippen LogP contribution in [-0.2, 0) is 4.79 Å². The van der Waals surface area contributed by atoms with Crippen LogP contribution in [0.5, 0.6) is 23.1 Å². The molecule has 0 unspecified atom stereocenters. The summed E-state index contributed by atoms with van der Waals surface area (Å²) in [5.74, 6) is 3.21. The van der Waals surface area contributed by atoms with Crippen molar-refractivity contribution in [2.45, 2.75) is 32.6 Å². The normalized spacial score (nSPS) is 18.0. The molecule has 0 fully saturated rings. The molecule has 0 radical (unpaired) electrons. The Bertz CT molecular complexity index is 1600. The van der Waals surface area contributed by atoms with Crippen molar-refractivity contribution in [1.82, 2.24) is 19.6 Å². The van der Waals surface area contributed by atoms with Crippen LogP contribution in [0, 0.1) is 5.41 Å². The molecule has 9 heteroatoms. The lowest BCUT2D eigenvalue weighted by atomic mass is 9.70. The lowest BCUT2D eigenvalue weighted by molar-refractivity contribution is -0.118. The molecule has 3 heterocycles. The number of aromatic nitrogens is 4. The van der Waals surface area contributed by atoms with Crippen molar-refractivity contribution in [2.24, 2.45) is 5.41 Å².